The quantitative estimate of drug-likeness (QED) is 0.733. The van der Waals surface area contributed by atoms with E-state index in [2.05, 4.69) is 17.1 Å². The van der Waals surface area contributed by atoms with Gasteiger partial charge in [-0.15, -0.1) is 11.3 Å². The van der Waals surface area contributed by atoms with E-state index in [1.807, 2.05) is 34.3 Å². The maximum absolute atomic E-state index is 5.63. The van der Waals surface area contributed by atoms with E-state index in [-0.39, 0.29) is 0 Å². The molecule has 1 aromatic carbocycles. The van der Waals surface area contributed by atoms with E-state index in [4.69, 9.17) is 5.73 Å². The molecule has 0 saturated heterocycles. The van der Waals surface area contributed by atoms with Crippen LogP contribution < -0.4 is 5.73 Å². The van der Waals surface area contributed by atoms with Crippen LogP contribution in [-0.4, -0.2) is 9.38 Å². The molecule has 2 aromatic heterocycles. The molecule has 2 heterocycles. The molecule has 0 saturated carbocycles. The van der Waals surface area contributed by atoms with E-state index >= 15 is 0 Å². The molecular weight excluding hydrogens is 218 g/mol. The monoisotopic (exact) mass is 229 g/mol. The third-order valence-electron chi connectivity index (χ3n) is 2.55. The lowest BCUT2D eigenvalue weighted by Gasteiger charge is -1.99. The summed E-state index contributed by atoms with van der Waals surface area (Å²) in [5.74, 6) is 0. The van der Waals surface area contributed by atoms with Crippen LogP contribution in [0.25, 0.3) is 16.2 Å². The van der Waals surface area contributed by atoms with E-state index < -0.39 is 0 Å². The van der Waals surface area contributed by atoms with Crippen molar-refractivity contribution in [2.45, 2.75) is 6.54 Å². The van der Waals surface area contributed by atoms with Gasteiger partial charge in [0.15, 0.2) is 4.96 Å². The second-order valence-corrected chi connectivity index (χ2v) is 4.50. The van der Waals surface area contributed by atoms with Gasteiger partial charge in [-0.1, -0.05) is 18.2 Å². The molecule has 80 valence electrons. The molecular formula is C12H11N3S. The molecule has 3 nitrogen and oxygen atoms in total. The molecule has 0 aliphatic rings. The summed E-state index contributed by atoms with van der Waals surface area (Å²) in [6.45, 7) is 0.566. The van der Waals surface area contributed by atoms with Gasteiger partial charge in [0.25, 0.3) is 0 Å². The fourth-order valence-electron chi connectivity index (χ4n) is 1.72. The molecule has 0 radical (unpaired) electrons. The molecule has 4 heteroatoms. The maximum atomic E-state index is 5.63. The van der Waals surface area contributed by atoms with E-state index in [1.165, 1.54) is 0 Å². The Hall–Kier alpha value is -1.65. The van der Waals surface area contributed by atoms with Crippen molar-refractivity contribution in [2.24, 2.45) is 5.73 Å². The van der Waals surface area contributed by atoms with Crippen molar-refractivity contribution in [3.8, 4) is 11.3 Å². The van der Waals surface area contributed by atoms with Gasteiger partial charge in [-0.3, -0.25) is 4.40 Å². The van der Waals surface area contributed by atoms with Crippen LogP contribution >= 0.6 is 11.3 Å². The third-order valence-corrected chi connectivity index (χ3v) is 3.32. The number of benzene rings is 1. The summed E-state index contributed by atoms with van der Waals surface area (Å²) in [6.07, 6.45) is 4.06. The van der Waals surface area contributed by atoms with Gasteiger partial charge in [0, 0.05) is 29.9 Å². The van der Waals surface area contributed by atoms with E-state index in [0.29, 0.717) is 6.54 Å². The summed E-state index contributed by atoms with van der Waals surface area (Å²) < 4.78 is 2.04. The highest BCUT2D eigenvalue weighted by atomic mass is 32.1. The Morgan fingerprint density at radius 1 is 1.38 bits per heavy atom. The molecule has 0 fully saturated rings. The van der Waals surface area contributed by atoms with Crippen LogP contribution in [0.5, 0.6) is 0 Å². The largest absolute Gasteiger partial charge is 0.326 e. The van der Waals surface area contributed by atoms with Gasteiger partial charge in [-0.25, -0.2) is 4.98 Å². The van der Waals surface area contributed by atoms with Crippen molar-refractivity contribution in [3.05, 3.63) is 47.6 Å². The predicted octanol–water partition coefficient (Wildman–Crippen LogP) is 2.52. The average Bonchev–Trinajstić information content (AvgIpc) is 2.89. The minimum Gasteiger partial charge on any atom is -0.326 e. The number of nitrogens with two attached hydrogens (primary N) is 1. The van der Waals surface area contributed by atoms with Gasteiger partial charge in [-0.05, 0) is 11.6 Å². The van der Waals surface area contributed by atoms with Gasteiger partial charge in [0.05, 0.1) is 5.69 Å². The number of hydrogen-bond donors (Lipinski definition) is 1. The molecule has 0 spiro atoms. The summed E-state index contributed by atoms with van der Waals surface area (Å²) in [5.41, 5.74) is 8.89. The summed E-state index contributed by atoms with van der Waals surface area (Å²) in [6, 6.07) is 8.20. The lowest BCUT2D eigenvalue weighted by molar-refractivity contribution is 1.07. The Labute approximate surface area is 97.2 Å². The molecule has 0 aliphatic heterocycles. The second kappa shape index (κ2) is 3.73. The highest BCUT2D eigenvalue weighted by Gasteiger charge is 2.05. The van der Waals surface area contributed by atoms with Crippen LogP contribution in [0.1, 0.15) is 5.56 Å². The van der Waals surface area contributed by atoms with Crippen LogP contribution in [0.15, 0.2) is 42.0 Å². The van der Waals surface area contributed by atoms with Crippen molar-refractivity contribution >= 4 is 16.3 Å². The molecule has 0 atom stereocenters. The number of hydrogen-bond acceptors (Lipinski definition) is 3. The Kier molecular flexibility index (Phi) is 2.23. The fraction of sp³-hybridized carbons (Fsp3) is 0.0833. The smallest absolute Gasteiger partial charge is 0.194 e. The molecule has 0 aliphatic carbocycles. The van der Waals surface area contributed by atoms with Gasteiger partial charge in [-0.2, -0.15) is 0 Å². The zero-order valence-corrected chi connectivity index (χ0v) is 9.45. The van der Waals surface area contributed by atoms with E-state index in [1.54, 1.807) is 11.3 Å². The minimum atomic E-state index is 0.566. The highest BCUT2D eigenvalue weighted by molar-refractivity contribution is 7.15. The van der Waals surface area contributed by atoms with Crippen LogP contribution in [0.4, 0.5) is 0 Å². The lowest BCUT2D eigenvalue weighted by atomic mass is 10.1. The number of thiazole rings is 1. The van der Waals surface area contributed by atoms with Crippen LogP contribution in [0.2, 0.25) is 0 Å². The molecule has 3 rings (SSSR count). The predicted molar refractivity (Wildman–Crippen MR) is 66.4 cm³/mol. The molecule has 0 amide bonds. The van der Waals surface area contributed by atoms with E-state index in [0.717, 1.165) is 21.8 Å². The summed E-state index contributed by atoms with van der Waals surface area (Å²) in [7, 11) is 0. The molecule has 0 bridgehead atoms. The van der Waals surface area contributed by atoms with Gasteiger partial charge >= 0.3 is 0 Å². The summed E-state index contributed by atoms with van der Waals surface area (Å²) in [5, 5.41) is 2.03. The first kappa shape index (κ1) is 9.57. The fourth-order valence-corrected chi connectivity index (χ4v) is 2.42. The number of nitrogens with zero attached hydrogens (tertiary/aromatic N) is 2. The lowest BCUT2D eigenvalue weighted by Crippen LogP contribution is -1.95. The van der Waals surface area contributed by atoms with Crippen molar-refractivity contribution < 1.29 is 0 Å². The summed E-state index contributed by atoms with van der Waals surface area (Å²) in [4.78, 5) is 5.58. The zero-order valence-electron chi connectivity index (χ0n) is 8.63. The van der Waals surface area contributed by atoms with Crippen molar-refractivity contribution in [2.75, 3.05) is 0 Å². The number of rotatable bonds is 2. The van der Waals surface area contributed by atoms with E-state index in [9.17, 15) is 0 Å². The van der Waals surface area contributed by atoms with Crippen molar-refractivity contribution in [3.63, 3.8) is 0 Å². The SMILES string of the molecule is NCc1cccc(-c2cn3ccsc3n2)c1. The Bertz CT molecular complexity index is 595. The first-order chi connectivity index (χ1) is 7.86. The molecule has 2 N–H and O–H groups in total. The minimum absolute atomic E-state index is 0.566. The van der Waals surface area contributed by atoms with Crippen LogP contribution in [0.3, 0.4) is 0 Å². The summed E-state index contributed by atoms with van der Waals surface area (Å²) >= 11 is 1.64. The topological polar surface area (TPSA) is 43.3 Å². The standard InChI is InChI=1S/C12H11N3S/c13-7-9-2-1-3-10(6-9)11-8-15-4-5-16-12(15)14-11/h1-6,8H,7,13H2. The van der Waals surface area contributed by atoms with Gasteiger partial charge < -0.3 is 5.73 Å². The number of imidazole rings is 1. The average molecular weight is 229 g/mol. The molecule has 3 aromatic rings. The van der Waals surface area contributed by atoms with Crippen LogP contribution in [0, 0.1) is 0 Å². The molecule has 0 unspecified atom stereocenters. The van der Waals surface area contributed by atoms with Crippen molar-refractivity contribution in [1.29, 1.82) is 0 Å². The first-order valence-corrected chi connectivity index (χ1v) is 5.96. The third kappa shape index (κ3) is 1.52. The second-order valence-electron chi connectivity index (χ2n) is 3.62. The first-order valence-electron chi connectivity index (χ1n) is 5.08. The van der Waals surface area contributed by atoms with Crippen LogP contribution in [-0.2, 0) is 6.54 Å². The molecule has 16 heavy (non-hydrogen) atoms. The number of aromatic nitrogens is 2. The number of fused-ring (bicyclic) bond motifs is 1. The van der Waals surface area contributed by atoms with Gasteiger partial charge in [0.2, 0.25) is 0 Å². The Morgan fingerprint density at radius 2 is 2.31 bits per heavy atom. The van der Waals surface area contributed by atoms with Crippen molar-refractivity contribution in [1.82, 2.24) is 9.38 Å². The normalized spacial score (nSPS) is 11.1. The van der Waals surface area contributed by atoms with Gasteiger partial charge in [0.1, 0.15) is 0 Å². The Morgan fingerprint density at radius 3 is 3.12 bits per heavy atom. The maximum Gasteiger partial charge on any atom is 0.194 e. The zero-order chi connectivity index (χ0) is 11.0. The Balaban J connectivity index is 2.11. The highest BCUT2D eigenvalue weighted by Crippen LogP contribution is 2.22.